The van der Waals surface area contributed by atoms with Gasteiger partial charge in [0.2, 0.25) is 0 Å². The minimum Gasteiger partial charge on any atom is -0.368 e. The standard InChI is InChI=1S/C14H17BrN2O2/c1-9(2)14(19)8-10(3)16-17(14)13(18)11-5-4-6-12(15)7-11/h4-7,9,19H,8H2,1-3H3. The van der Waals surface area contributed by atoms with Crippen molar-refractivity contribution in [2.24, 2.45) is 11.0 Å². The topological polar surface area (TPSA) is 52.9 Å². The third kappa shape index (κ3) is 2.58. The first-order chi connectivity index (χ1) is 8.84. The molecule has 0 fully saturated rings. The SMILES string of the molecule is CC1=NN(C(=O)c2cccc(Br)c2)C(O)(C(C)C)C1. The molecule has 0 aliphatic carbocycles. The predicted octanol–water partition coefficient (Wildman–Crippen LogP) is 3.02. The molecule has 19 heavy (non-hydrogen) atoms. The molecule has 1 atom stereocenters. The Bertz CT molecular complexity index is 542. The van der Waals surface area contributed by atoms with Crippen LogP contribution in [0, 0.1) is 5.92 Å². The average Bonchev–Trinajstić information content (AvgIpc) is 2.65. The Labute approximate surface area is 121 Å². The van der Waals surface area contributed by atoms with Gasteiger partial charge in [-0.15, -0.1) is 0 Å². The van der Waals surface area contributed by atoms with E-state index in [4.69, 9.17) is 0 Å². The Kier molecular flexibility index (Phi) is 3.78. The molecule has 1 N–H and O–H groups in total. The van der Waals surface area contributed by atoms with E-state index < -0.39 is 5.72 Å². The number of benzene rings is 1. The molecular formula is C14H17BrN2O2. The maximum Gasteiger partial charge on any atom is 0.276 e. The van der Waals surface area contributed by atoms with Crippen LogP contribution >= 0.6 is 15.9 Å². The molecule has 1 aromatic carbocycles. The molecule has 0 radical (unpaired) electrons. The maximum atomic E-state index is 12.5. The Balaban J connectivity index is 2.37. The Hall–Kier alpha value is -1.20. The van der Waals surface area contributed by atoms with Crippen molar-refractivity contribution in [2.45, 2.75) is 32.9 Å². The van der Waals surface area contributed by atoms with Crippen LogP contribution in [0.3, 0.4) is 0 Å². The van der Waals surface area contributed by atoms with E-state index in [0.29, 0.717) is 12.0 Å². The molecule has 1 heterocycles. The highest BCUT2D eigenvalue weighted by Gasteiger charge is 2.45. The molecule has 0 bridgehead atoms. The summed E-state index contributed by atoms with van der Waals surface area (Å²) >= 11 is 3.34. The van der Waals surface area contributed by atoms with Crippen LogP contribution in [0.25, 0.3) is 0 Å². The highest BCUT2D eigenvalue weighted by Crippen LogP contribution is 2.33. The molecule has 0 spiro atoms. The van der Waals surface area contributed by atoms with Gasteiger partial charge >= 0.3 is 0 Å². The van der Waals surface area contributed by atoms with E-state index in [2.05, 4.69) is 21.0 Å². The van der Waals surface area contributed by atoms with E-state index >= 15 is 0 Å². The van der Waals surface area contributed by atoms with Crippen LogP contribution in [-0.2, 0) is 0 Å². The van der Waals surface area contributed by atoms with Crippen LogP contribution < -0.4 is 0 Å². The van der Waals surface area contributed by atoms with Gasteiger partial charge in [-0.05, 0) is 25.1 Å². The van der Waals surface area contributed by atoms with Gasteiger partial charge in [0.1, 0.15) is 0 Å². The fourth-order valence-corrected chi connectivity index (χ4v) is 2.56. The van der Waals surface area contributed by atoms with Crippen LogP contribution in [-0.4, -0.2) is 27.5 Å². The summed E-state index contributed by atoms with van der Waals surface area (Å²) < 4.78 is 0.825. The number of aliphatic hydroxyl groups is 1. The summed E-state index contributed by atoms with van der Waals surface area (Å²) in [7, 11) is 0. The first-order valence-corrected chi connectivity index (χ1v) is 7.00. The molecule has 2 rings (SSSR count). The number of hydrogen-bond acceptors (Lipinski definition) is 3. The summed E-state index contributed by atoms with van der Waals surface area (Å²) in [6, 6.07) is 7.09. The second kappa shape index (κ2) is 5.06. The van der Waals surface area contributed by atoms with Crippen molar-refractivity contribution in [3.63, 3.8) is 0 Å². The van der Waals surface area contributed by atoms with Gasteiger partial charge < -0.3 is 5.11 Å². The van der Waals surface area contributed by atoms with Crippen molar-refractivity contribution < 1.29 is 9.90 Å². The monoisotopic (exact) mass is 324 g/mol. The second-order valence-corrected chi connectivity index (χ2v) is 6.09. The van der Waals surface area contributed by atoms with E-state index in [1.807, 2.05) is 26.8 Å². The summed E-state index contributed by atoms with van der Waals surface area (Å²) in [4.78, 5) is 12.5. The van der Waals surface area contributed by atoms with Crippen LogP contribution in [0.2, 0.25) is 0 Å². The van der Waals surface area contributed by atoms with Crippen LogP contribution in [0.1, 0.15) is 37.6 Å². The number of rotatable bonds is 2. The highest BCUT2D eigenvalue weighted by atomic mass is 79.9. The lowest BCUT2D eigenvalue weighted by Crippen LogP contribution is -2.49. The van der Waals surface area contributed by atoms with Crippen LogP contribution in [0.5, 0.6) is 0 Å². The van der Waals surface area contributed by atoms with Crippen molar-refractivity contribution >= 4 is 27.5 Å². The average molecular weight is 325 g/mol. The smallest absolute Gasteiger partial charge is 0.276 e. The molecule has 4 nitrogen and oxygen atoms in total. The van der Waals surface area contributed by atoms with Crippen molar-refractivity contribution in [3.8, 4) is 0 Å². The van der Waals surface area contributed by atoms with Gasteiger partial charge in [0, 0.05) is 28.1 Å². The minimum atomic E-state index is -1.23. The largest absolute Gasteiger partial charge is 0.368 e. The second-order valence-electron chi connectivity index (χ2n) is 5.17. The lowest BCUT2D eigenvalue weighted by Gasteiger charge is -2.34. The normalized spacial score (nSPS) is 22.8. The lowest BCUT2D eigenvalue weighted by molar-refractivity contribution is -0.103. The number of carbonyl (C=O) groups excluding carboxylic acids is 1. The van der Waals surface area contributed by atoms with Crippen LogP contribution in [0.15, 0.2) is 33.8 Å². The predicted molar refractivity (Wildman–Crippen MR) is 77.8 cm³/mol. The van der Waals surface area contributed by atoms with E-state index in [-0.39, 0.29) is 11.8 Å². The van der Waals surface area contributed by atoms with Crippen LogP contribution in [0.4, 0.5) is 0 Å². The van der Waals surface area contributed by atoms with E-state index in [1.54, 1.807) is 18.2 Å². The highest BCUT2D eigenvalue weighted by molar-refractivity contribution is 9.10. The number of nitrogens with zero attached hydrogens (tertiary/aromatic N) is 2. The zero-order valence-electron chi connectivity index (χ0n) is 11.2. The lowest BCUT2D eigenvalue weighted by atomic mass is 9.94. The molecule has 1 amide bonds. The number of carbonyl (C=O) groups is 1. The van der Waals surface area contributed by atoms with Gasteiger partial charge in [0.15, 0.2) is 5.72 Å². The third-order valence-corrected chi connectivity index (χ3v) is 3.84. The van der Waals surface area contributed by atoms with Gasteiger partial charge in [-0.25, -0.2) is 0 Å². The Morgan fingerprint density at radius 2 is 2.21 bits per heavy atom. The maximum absolute atomic E-state index is 12.5. The fourth-order valence-electron chi connectivity index (χ4n) is 2.16. The Morgan fingerprint density at radius 1 is 1.53 bits per heavy atom. The van der Waals surface area contributed by atoms with Gasteiger partial charge in [0.25, 0.3) is 5.91 Å². The van der Waals surface area contributed by atoms with Crippen molar-refractivity contribution in [3.05, 3.63) is 34.3 Å². The molecule has 1 aromatic rings. The third-order valence-electron chi connectivity index (χ3n) is 3.34. The zero-order chi connectivity index (χ0) is 14.2. The van der Waals surface area contributed by atoms with Gasteiger partial charge in [-0.1, -0.05) is 35.8 Å². The van der Waals surface area contributed by atoms with E-state index in [9.17, 15) is 9.90 Å². The summed E-state index contributed by atoms with van der Waals surface area (Å²) in [5.41, 5.74) is 0.0372. The number of amides is 1. The first-order valence-electron chi connectivity index (χ1n) is 6.21. The summed E-state index contributed by atoms with van der Waals surface area (Å²) in [6.45, 7) is 5.59. The molecular weight excluding hydrogens is 308 g/mol. The molecule has 0 saturated heterocycles. The molecule has 1 aliphatic heterocycles. The van der Waals surface area contributed by atoms with E-state index in [1.165, 1.54) is 5.01 Å². The molecule has 0 saturated carbocycles. The first kappa shape index (κ1) is 14.2. The number of hydrogen-bond donors (Lipinski definition) is 1. The summed E-state index contributed by atoms with van der Waals surface area (Å²) in [5, 5.41) is 16.1. The molecule has 0 aromatic heterocycles. The summed E-state index contributed by atoms with van der Waals surface area (Å²) in [6.07, 6.45) is 0.393. The molecule has 1 unspecified atom stereocenters. The quantitative estimate of drug-likeness (QED) is 0.909. The zero-order valence-corrected chi connectivity index (χ0v) is 12.8. The summed E-state index contributed by atoms with van der Waals surface area (Å²) in [5.74, 6) is -0.376. The van der Waals surface area contributed by atoms with Crippen molar-refractivity contribution in [2.75, 3.05) is 0 Å². The molecule has 5 heteroatoms. The Morgan fingerprint density at radius 3 is 2.79 bits per heavy atom. The van der Waals surface area contributed by atoms with Gasteiger partial charge in [-0.3, -0.25) is 4.79 Å². The van der Waals surface area contributed by atoms with E-state index in [0.717, 1.165) is 10.2 Å². The van der Waals surface area contributed by atoms with Gasteiger partial charge in [0.05, 0.1) is 0 Å². The minimum absolute atomic E-state index is 0.0928. The molecule has 1 aliphatic rings. The number of hydrazone groups is 1. The van der Waals surface area contributed by atoms with Gasteiger partial charge in [-0.2, -0.15) is 10.1 Å². The molecule has 102 valence electrons. The fraction of sp³-hybridized carbons (Fsp3) is 0.429. The number of halogens is 1. The van der Waals surface area contributed by atoms with Crippen molar-refractivity contribution in [1.29, 1.82) is 0 Å². The van der Waals surface area contributed by atoms with Crippen molar-refractivity contribution in [1.82, 2.24) is 5.01 Å².